The molecule has 0 aliphatic carbocycles. The molecule has 2 fully saturated rings. The minimum Gasteiger partial charge on any atom is -0.495 e. The van der Waals surface area contributed by atoms with E-state index in [2.05, 4.69) is 27.3 Å². The van der Waals surface area contributed by atoms with Crippen LogP contribution in [0.25, 0.3) is 0 Å². The molecular weight excluding hydrogens is 444 g/mol. The molecule has 3 amide bonds. The molecule has 5 rings (SSSR count). The number of hydrogen-bond donors (Lipinski definition) is 2. The Labute approximate surface area is 198 Å². The van der Waals surface area contributed by atoms with Crippen molar-refractivity contribution in [1.82, 2.24) is 24.9 Å². The number of hydrogen-bond acceptors (Lipinski definition) is 5. The summed E-state index contributed by atoms with van der Waals surface area (Å²) in [7, 11) is 1.50. The third kappa shape index (κ3) is 3.83. The van der Waals surface area contributed by atoms with Crippen LogP contribution in [-0.4, -0.2) is 75.7 Å². The van der Waals surface area contributed by atoms with Gasteiger partial charge in [-0.2, -0.15) is 5.10 Å². The van der Waals surface area contributed by atoms with Gasteiger partial charge >= 0.3 is 6.03 Å². The van der Waals surface area contributed by atoms with Crippen LogP contribution in [0.2, 0.25) is 5.02 Å². The fourth-order valence-corrected chi connectivity index (χ4v) is 5.48. The monoisotopic (exact) mass is 472 g/mol. The van der Waals surface area contributed by atoms with E-state index in [1.807, 2.05) is 16.7 Å². The van der Waals surface area contributed by atoms with Crippen molar-refractivity contribution in [2.24, 2.45) is 0 Å². The van der Waals surface area contributed by atoms with Crippen LogP contribution in [0, 0.1) is 0 Å². The molecule has 2 saturated heterocycles. The van der Waals surface area contributed by atoms with Crippen LogP contribution in [0.4, 0.5) is 10.6 Å². The molecule has 3 atom stereocenters. The maximum absolute atomic E-state index is 13.5. The number of halogens is 1. The van der Waals surface area contributed by atoms with Gasteiger partial charge in [-0.05, 0) is 51.4 Å². The molecule has 0 spiro atoms. The second kappa shape index (κ2) is 8.53. The molecule has 1 aromatic carbocycles. The maximum Gasteiger partial charge on any atom is 0.321 e. The quantitative estimate of drug-likeness (QED) is 0.713. The van der Waals surface area contributed by atoms with E-state index >= 15 is 0 Å². The summed E-state index contributed by atoms with van der Waals surface area (Å²) in [5, 5.41) is 10.6. The van der Waals surface area contributed by atoms with Crippen LogP contribution in [0.1, 0.15) is 54.3 Å². The molecule has 33 heavy (non-hydrogen) atoms. The normalized spacial score (nSPS) is 24.5. The zero-order valence-electron chi connectivity index (χ0n) is 19.1. The minimum absolute atomic E-state index is 0.0471. The summed E-state index contributed by atoms with van der Waals surface area (Å²) in [5.41, 5.74) is 2.12. The summed E-state index contributed by atoms with van der Waals surface area (Å²) in [6.07, 6.45) is 2.36. The van der Waals surface area contributed by atoms with E-state index in [0.717, 1.165) is 37.3 Å². The van der Waals surface area contributed by atoms with E-state index in [-0.39, 0.29) is 24.0 Å². The number of fused-ring (bicyclic) bond motifs is 2. The molecule has 1 unspecified atom stereocenters. The summed E-state index contributed by atoms with van der Waals surface area (Å²) in [6, 6.07) is 5.39. The first-order valence-corrected chi connectivity index (χ1v) is 11.8. The second-order valence-corrected chi connectivity index (χ2v) is 9.55. The Balaban J connectivity index is 1.31. The van der Waals surface area contributed by atoms with Gasteiger partial charge < -0.3 is 19.9 Å². The van der Waals surface area contributed by atoms with E-state index in [0.29, 0.717) is 34.7 Å². The number of nitrogens with zero attached hydrogens (tertiary/aromatic N) is 4. The third-order valence-corrected chi connectivity index (χ3v) is 7.50. The Hall–Kier alpha value is -2.78. The van der Waals surface area contributed by atoms with Crippen LogP contribution in [0.3, 0.4) is 0 Å². The zero-order valence-corrected chi connectivity index (χ0v) is 19.9. The lowest BCUT2D eigenvalue weighted by Gasteiger charge is -2.44. The molecule has 1 aromatic heterocycles. The third-order valence-electron chi connectivity index (χ3n) is 7.19. The van der Waals surface area contributed by atoms with E-state index in [9.17, 15) is 9.59 Å². The van der Waals surface area contributed by atoms with Crippen LogP contribution < -0.4 is 10.1 Å². The van der Waals surface area contributed by atoms with Gasteiger partial charge in [-0.25, -0.2) is 4.79 Å². The predicted octanol–water partition coefficient (Wildman–Crippen LogP) is 3.49. The number of methoxy groups -OCH3 is 1. The SMILES string of the molecule is COc1cc(C(=O)Nc2n[nH]c3c2CN(C(=O)N2C[C@@H]4CCCN4C[C@@H]2C)C3C)ccc1Cl. The minimum atomic E-state index is -0.317. The number of carbonyl (C=O) groups excluding carboxylic acids is 2. The summed E-state index contributed by atoms with van der Waals surface area (Å²) >= 11 is 6.07. The highest BCUT2D eigenvalue weighted by Crippen LogP contribution is 2.37. The molecule has 0 radical (unpaired) electrons. The first-order valence-electron chi connectivity index (χ1n) is 11.4. The molecule has 2 aromatic rings. The number of aromatic nitrogens is 2. The van der Waals surface area contributed by atoms with E-state index in [1.165, 1.54) is 13.5 Å². The summed E-state index contributed by atoms with van der Waals surface area (Å²) < 4.78 is 5.21. The van der Waals surface area contributed by atoms with Crippen molar-refractivity contribution in [3.63, 3.8) is 0 Å². The largest absolute Gasteiger partial charge is 0.495 e. The molecule has 176 valence electrons. The standard InChI is InChI=1S/C23H29ClN6O3/c1-13-10-28-8-4-5-16(28)11-29(13)23(32)30-12-17-20(14(30)2)26-27-21(17)25-22(31)15-6-7-18(24)19(9-15)33-3/h6-7,9,13-14,16H,4-5,8,10-12H2,1-3H3,(H2,25,26,27,31)/t13-,14?,16-/m0/s1. The number of urea groups is 1. The number of rotatable bonds is 3. The van der Waals surface area contributed by atoms with Crippen molar-refractivity contribution in [2.45, 2.75) is 51.4 Å². The Kier molecular flexibility index (Phi) is 5.70. The van der Waals surface area contributed by atoms with Gasteiger partial charge in [0, 0.05) is 36.3 Å². The molecule has 4 heterocycles. The number of H-pyrrole nitrogens is 1. The highest BCUT2D eigenvalue weighted by Gasteiger charge is 2.42. The highest BCUT2D eigenvalue weighted by atomic mass is 35.5. The number of amides is 3. The van der Waals surface area contributed by atoms with Crippen LogP contribution in [0.5, 0.6) is 5.75 Å². The number of benzene rings is 1. The van der Waals surface area contributed by atoms with E-state index in [4.69, 9.17) is 16.3 Å². The van der Waals surface area contributed by atoms with Gasteiger partial charge in [0.15, 0.2) is 5.82 Å². The molecule has 3 aliphatic heterocycles. The molecule has 0 saturated carbocycles. The maximum atomic E-state index is 13.5. The van der Waals surface area contributed by atoms with Crippen molar-refractivity contribution in [3.05, 3.63) is 40.0 Å². The number of aromatic amines is 1. The summed E-state index contributed by atoms with van der Waals surface area (Å²) in [5.74, 6) is 0.556. The van der Waals surface area contributed by atoms with Crippen LogP contribution in [0.15, 0.2) is 18.2 Å². The average molecular weight is 473 g/mol. The first kappa shape index (κ1) is 22.0. The number of nitrogens with one attached hydrogen (secondary N) is 2. The van der Waals surface area contributed by atoms with Crippen LogP contribution >= 0.6 is 11.6 Å². The zero-order chi connectivity index (χ0) is 23.3. The van der Waals surface area contributed by atoms with Crippen molar-refractivity contribution in [2.75, 3.05) is 32.1 Å². The van der Waals surface area contributed by atoms with E-state index < -0.39 is 0 Å². The second-order valence-electron chi connectivity index (χ2n) is 9.15. The Morgan fingerprint density at radius 2 is 2.06 bits per heavy atom. The molecule has 9 nitrogen and oxygen atoms in total. The van der Waals surface area contributed by atoms with E-state index in [1.54, 1.807) is 18.2 Å². The van der Waals surface area contributed by atoms with Gasteiger partial charge in [0.1, 0.15) is 5.75 Å². The average Bonchev–Trinajstić information content (AvgIpc) is 3.50. The van der Waals surface area contributed by atoms with Gasteiger partial charge in [0.2, 0.25) is 0 Å². The Morgan fingerprint density at radius 1 is 1.24 bits per heavy atom. The Morgan fingerprint density at radius 3 is 2.85 bits per heavy atom. The van der Waals surface area contributed by atoms with Crippen molar-refractivity contribution in [3.8, 4) is 5.75 Å². The molecular formula is C23H29ClN6O3. The number of piperazine rings is 1. The predicted molar refractivity (Wildman–Crippen MR) is 125 cm³/mol. The first-order chi connectivity index (χ1) is 15.9. The lowest BCUT2D eigenvalue weighted by molar-refractivity contribution is 0.0580. The topological polar surface area (TPSA) is 93.8 Å². The number of ether oxygens (including phenoxy) is 1. The Bertz CT molecular complexity index is 1090. The number of carbonyl (C=O) groups is 2. The number of anilines is 1. The van der Waals surface area contributed by atoms with Gasteiger partial charge in [0.05, 0.1) is 30.4 Å². The fraction of sp³-hybridized carbons (Fsp3) is 0.522. The van der Waals surface area contributed by atoms with Crippen molar-refractivity contribution in [1.29, 1.82) is 0 Å². The lowest BCUT2D eigenvalue weighted by atomic mass is 10.1. The lowest BCUT2D eigenvalue weighted by Crippen LogP contribution is -2.59. The van der Waals surface area contributed by atoms with Crippen molar-refractivity contribution >= 4 is 29.4 Å². The van der Waals surface area contributed by atoms with Gasteiger partial charge in [0.25, 0.3) is 5.91 Å². The fourth-order valence-electron chi connectivity index (χ4n) is 5.28. The summed E-state index contributed by atoms with van der Waals surface area (Å²) in [4.78, 5) is 32.7. The smallest absolute Gasteiger partial charge is 0.321 e. The highest BCUT2D eigenvalue weighted by molar-refractivity contribution is 6.32. The molecule has 2 N–H and O–H groups in total. The van der Waals surface area contributed by atoms with Crippen molar-refractivity contribution < 1.29 is 14.3 Å². The molecule has 3 aliphatic rings. The molecule has 10 heteroatoms. The summed E-state index contributed by atoms with van der Waals surface area (Å²) in [6.45, 7) is 7.36. The van der Waals surface area contributed by atoms with Gasteiger partial charge in [-0.3, -0.25) is 14.8 Å². The van der Waals surface area contributed by atoms with Gasteiger partial charge in [-0.1, -0.05) is 11.6 Å². The van der Waals surface area contributed by atoms with Gasteiger partial charge in [-0.15, -0.1) is 0 Å². The van der Waals surface area contributed by atoms with Crippen LogP contribution in [-0.2, 0) is 6.54 Å². The molecule has 0 bridgehead atoms.